The molecule has 1 heterocycles. The van der Waals surface area contributed by atoms with E-state index in [0.717, 1.165) is 17.5 Å². The number of ether oxygens (including phenoxy) is 1. The first-order valence-corrected chi connectivity index (χ1v) is 11.4. The van der Waals surface area contributed by atoms with Crippen LogP contribution in [0.1, 0.15) is 44.7 Å². The van der Waals surface area contributed by atoms with Crippen molar-refractivity contribution in [2.75, 3.05) is 6.54 Å². The van der Waals surface area contributed by atoms with E-state index in [0.29, 0.717) is 25.9 Å². The molecular formula is C26H33N3O4. The Morgan fingerprint density at radius 2 is 1.61 bits per heavy atom. The molecule has 0 unspecified atom stereocenters. The molecule has 0 aliphatic carbocycles. The molecule has 3 amide bonds. The van der Waals surface area contributed by atoms with Crippen LogP contribution in [-0.4, -0.2) is 47.0 Å². The van der Waals surface area contributed by atoms with E-state index < -0.39 is 23.8 Å². The molecule has 7 nitrogen and oxygen atoms in total. The fraction of sp³-hybridized carbons (Fsp3) is 0.423. The van der Waals surface area contributed by atoms with Gasteiger partial charge in [-0.15, -0.1) is 0 Å². The average Bonchev–Trinajstić information content (AvgIpc) is 3.27. The van der Waals surface area contributed by atoms with E-state index in [1.165, 1.54) is 0 Å². The van der Waals surface area contributed by atoms with Crippen molar-refractivity contribution in [3.8, 4) is 0 Å². The fourth-order valence-electron chi connectivity index (χ4n) is 3.91. The molecule has 176 valence electrons. The number of rotatable bonds is 7. The topological polar surface area (TPSA) is 87.7 Å². The Morgan fingerprint density at radius 3 is 2.21 bits per heavy atom. The Kier molecular flexibility index (Phi) is 8.09. The van der Waals surface area contributed by atoms with Crippen LogP contribution >= 0.6 is 0 Å². The maximum absolute atomic E-state index is 13.5. The van der Waals surface area contributed by atoms with Gasteiger partial charge in [0.2, 0.25) is 11.8 Å². The van der Waals surface area contributed by atoms with Gasteiger partial charge < -0.3 is 20.3 Å². The van der Waals surface area contributed by atoms with Gasteiger partial charge in [-0.25, -0.2) is 4.79 Å². The minimum absolute atomic E-state index is 0.180. The van der Waals surface area contributed by atoms with Crippen LogP contribution in [0.3, 0.4) is 0 Å². The molecule has 1 aliphatic heterocycles. The summed E-state index contributed by atoms with van der Waals surface area (Å²) < 4.78 is 5.38. The van der Waals surface area contributed by atoms with Crippen LogP contribution in [0, 0.1) is 0 Å². The van der Waals surface area contributed by atoms with Gasteiger partial charge in [0.25, 0.3) is 0 Å². The van der Waals surface area contributed by atoms with Gasteiger partial charge in [-0.1, -0.05) is 60.7 Å². The standard InChI is InChI=1S/C26H33N3O4/c1-26(2,3)33-25(32)28-21(17-19-11-6-4-7-12-19)24(31)29-16-10-15-22(29)23(30)27-18-20-13-8-5-9-14-20/h4-9,11-14,21-22H,10,15-18H2,1-3H3,(H,27,30)(H,28,32)/t21-,22-/m0/s1. The molecule has 0 aromatic heterocycles. The second-order valence-corrected chi connectivity index (χ2v) is 9.28. The monoisotopic (exact) mass is 451 g/mol. The quantitative estimate of drug-likeness (QED) is 0.675. The number of carbonyl (C=O) groups excluding carboxylic acids is 3. The second-order valence-electron chi connectivity index (χ2n) is 9.28. The molecule has 1 aliphatic rings. The number of nitrogens with zero attached hydrogens (tertiary/aromatic N) is 1. The highest BCUT2D eigenvalue weighted by Gasteiger charge is 2.38. The summed E-state index contributed by atoms with van der Waals surface area (Å²) >= 11 is 0. The molecular weight excluding hydrogens is 418 g/mol. The molecule has 2 aromatic rings. The minimum Gasteiger partial charge on any atom is -0.444 e. The molecule has 7 heteroatoms. The largest absolute Gasteiger partial charge is 0.444 e. The van der Waals surface area contributed by atoms with Crippen LogP contribution in [0.15, 0.2) is 60.7 Å². The lowest BCUT2D eigenvalue weighted by atomic mass is 10.0. The Hall–Kier alpha value is -3.35. The maximum Gasteiger partial charge on any atom is 0.408 e. The Morgan fingerprint density at radius 1 is 1.00 bits per heavy atom. The number of hydrogen-bond donors (Lipinski definition) is 2. The molecule has 33 heavy (non-hydrogen) atoms. The molecule has 1 fully saturated rings. The summed E-state index contributed by atoms with van der Waals surface area (Å²) in [5.41, 5.74) is 1.23. The van der Waals surface area contributed by atoms with Crippen molar-refractivity contribution in [3.05, 3.63) is 71.8 Å². The van der Waals surface area contributed by atoms with Crippen molar-refractivity contribution < 1.29 is 19.1 Å². The highest BCUT2D eigenvalue weighted by atomic mass is 16.6. The Balaban J connectivity index is 1.70. The lowest BCUT2D eigenvalue weighted by molar-refractivity contribution is -0.140. The molecule has 0 bridgehead atoms. The first-order valence-electron chi connectivity index (χ1n) is 11.4. The van der Waals surface area contributed by atoms with E-state index in [4.69, 9.17) is 4.74 Å². The lowest BCUT2D eigenvalue weighted by Crippen LogP contribution is -2.54. The van der Waals surface area contributed by atoms with Crippen LogP contribution in [0.5, 0.6) is 0 Å². The molecule has 0 saturated carbocycles. The van der Waals surface area contributed by atoms with Crippen LogP contribution in [0.2, 0.25) is 0 Å². The van der Waals surface area contributed by atoms with Gasteiger partial charge in [-0.05, 0) is 44.7 Å². The summed E-state index contributed by atoms with van der Waals surface area (Å²) in [5.74, 6) is -0.456. The van der Waals surface area contributed by atoms with Crippen LogP contribution in [0.25, 0.3) is 0 Å². The van der Waals surface area contributed by atoms with Gasteiger partial charge >= 0.3 is 6.09 Å². The van der Waals surface area contributed by atoms with E-state index in [2.05, 4.69) is 10.6 Å². The summed E-state index contributed by atoms with van der Waals surface area (Å²) in [7, 11) is 0. The van der Waals surface area contributed by atoms with Gasteiger partial charge in [0.05, 0.1) is 0 Å². The second kappa shape index (κ2) is 11.0. The Labute approximate surface area is 195 Å². The van der Waals surface area contributed by atoms with E-state index in [-0.39, 0.29) is 11.8 Å². The summed E-state index contributed by atoms with van der Waals surface area (Å²) in [6.07, 6.45) is 0.991. The first kappa shape index (κ1) is 24.3. The summed E-state index contributed by atoms with van der Waals surface area (Å²) in [6, 6.07) is 17.8. The summed E-state index contributed by atoms with van der Waals surface area (Å²) in [5, 5.41) is 5.67. The highest BCUT2D eigenvalue weighted by Crippen LogP contribution is 2.20. The van der Waals surface area contributed by atoms with Gasteiger partial charge in [0, 0.05) is 19.5 Å². The van der Waals surface area contributed by atoms with E-state index in [1.54, 1.807) is 25.7 Å². The van der Waals surface area contributed by atoms with Gasteiger partial charge in [0.1, 0.15) is 17.7 Å². The number of carbonyl (C=O) groups is 3. The third-order valence-corrected chi connectivity index (χ3v) is 5.42. The smallest absolute Gasteiger partial charge is 0.408 e. The number of likely N-dealkylation sites (tertiary alicyclic amines) is 1. The van der Waals surface area contributed by atoms with Crippen molar-refractivity contribution in [1.29, 1.82) is 0 Å². The van der Waals surface area contributed by atoms with Crippen molar-refractivity contribution in [1.82, 2.24) is 15.5 Å². The molecule has 1 saturated heterocycles. The predicted molar refractivity (Wildman–Crippen MR) is 126 cm³/mol. The molecule has 0 spiro atoms. The molecule has 2 atom stereocenters. The third-order valence-electron chi connectivity index (χ3n) is 5.42. The van der Waals surface area contributed by atoms with E-state index >= 15 is 0 Å². The SMILES string of the molecule is CC(C)(C)OC(=O)N[C@@H](Cc1ccccc1)C(=O)N1CCC[C@H]1C(=O)NCc1ccccc1. The maximum atomic E-state index is 13.5. The van der Waals surface area contributed by atoms with Crippen molar-refractivity contribution in [2.45, 2.75) is 64.3 Å². The average molecular weight is 452 g/mol. The van der Waals surface area contributed by atoms with Gasteiger partial charge in [-0.3, -0.25) is 9.59 Å². The van der Waals surface area contributed by atoms with Crippen LogP contribution < -0.4 is 10.6 Å². The zero-order valence-corrected chi connectivity index (χ0v) is 19.5. The molecule has 2 aromatic carbocycles. The number of benzene rings is 2. The number of hydrogen-bond acceptors (Lipinski definition) is 4. The lowest BCUT2D eigenvalue weighted by Gasteiger charge is -2.29. The van der Waals surface area contributed by atoms with Crippen LogP contribution in [0.4, 0.5) is 4.79 Å². The predicted octanol–water partition coefficient (Wildman–Crippen LogP) is 3.43. The molecule has 3 rings (SSSR count). The number of nitrogens with one attached hydrogen (secondary N) is 2. The Bertz CT molecular complexity index is 941. The number of amides is 3. The van der Waals surface area contributed by atoms with Gasteiger partial charge in [0.15, 0.2) is 0 Å². The summed E-state index contributed by atoms with van der Waals surface area (Å²) in [6.45, 7) is 6.20. The van der Waals surface area contributed by atoms with Crippen LogP contribution in [-0.2, 0) is 27.3 Å². The highest BCUT2D eigenvalue weighted by molar-refractivity contribution is 5.92. The van der Waals surface area contributed by atoms with Crippen molar-refractivity contribution in [3.63, 3.8) is 0 Å². The van der Waals surface area contributed by atoms with E-state index in [1.807, 2.05) is 60.7 Å². The third kappa shape index (κ3) is 7.34. The minimum atomic E-state index is -0.829. The van der Waals surface area contributed by atoms with Crippen molar-refractivity contribution in [2.24, 2.45) is 0 Å². The first-order chi connectivity index (χ1) is 15.7. The van der Waals surface area contributed by atoms with Gasteiger partial charge in [-0.2, -0.15) is 0 Å². The van der Waals surface area contributed by atoms with Crippen molar-refractivity contribution >= 4 is 17.9 Å². The van der Waals surface area contributed by atoms with E-state index in [9.17, 15) is 14.4 Å². The zero-order chi connectivity index (χ0) is 23.8. The molecule has 2 N–H and O–H groups in total. The number of alkyl carbamates (subject to hydrolysis) is 1. The normalized spacial score (nSPS) is 16.7. The zero-order valence-electron chi connectivity index (χ0n) is 19.5. The summed E-state index contributed by atoms with van der Waals surface area (Å²) in [4.78, 5) is 40.5. The fourth-order valence-corrected chi connectivity index (χ4v) is 3.91. The molecule has 0 radical (unpaired) electrons.